The molecule has 11 heteroatoms. The first-order valence-corrected chi connectivity index (χ1v) is 17.4. The molecular weight excluding hydrogens is 665 g/mol. The summed E-state index contributed by atoms with van der Waals surface area (Å²) < 4.78 is 29.6. The normalized spacial score (nSPS) is 12.0. The lowest BCUT2D eigenvalue weighted by Gasteiger charge is -2.34. The Kier molecular flexibility index (Phi) is 12.1. The molecule has 46 heavy (non-hydrogen) atoms. The summed E-state index contributed by atoms with van der Waals surface area (Å²) in [5, 5.41) is 3.85. The van der Waals surface area contributed by atoms with E-state index in [1.54, 1.807) is 49.4 Å². The van der Waals surface area contributed by atoms with Crippen LogP contribution in [0.5, 0.6) is 0 Å². The Morgan fingerprint density at radius 1 is 0.848 bits per heavy atom. The van der Waals surface area contributed by atoms with Gasteiger partial charge in [-0.3, -0.25) is 13.9 Å². The highest BCUT2D eigenvalue weighted by molar-refractivity contribution is 7.92. The maximum Gasteiger partial charge on any atom is 0.264 e. The summed E-state index contributed by atoms with van der Waals surface area (Å²) in [6.45, 7) is 5.17. The van der Waals surface area contributed by atoms with Crippen molar-refractivity contribution in [1.82, 2.24) is 10.2 Å². The second-order valence-corrected chi connectivity index (χ2v) is 14.1. The zero-order valence-corrected chi connectivity index (χ0v) is 28.9. The van der Waals surface area contributed by atoms with Crippen LogP contribution in [0.3, 0.4) is 0 Å². The molecule has 0 radical (unpaired) electrons. The number of nitrogens with zero attached hydrogens (tertiary/aromatic N) is 2. The Balaban J connectivity index is 1.86. The van der Waals surface area contributed by atoms with Crippen LogP contribution in [0.1, 0.15) is 35.6 Å². The average Bonchev–Trinajstić information content (AvgIpc) is 3.03. The van der Waals surface area contributed by atoms with E-state index in [-0.39, 0.29) is 29.5 Å². The molecule has 0 aliphatic heterocycles. The predicted molar refractivity (Wildman–Crippen MR) is 186 cm³/mol. The van der Waals surface area contributed by atoms with Gasteiger partial charge in [-0.1, -0.05) is 102 Å². The topological polar surface area (TPSA) is 86.8 Å². The minimum atomic E-state index is -4.27. The second kappa shape index (κ2) is 15.8. The fraction of sp³-hybridized carbons (Fsp3) is 0.257. The maximum absolute atomic E-state index is 14.6. The molecule has 0 saturated carbocycles. The van der Waals surface area contributed by atoms with Crippen LogP contribution >= 0.6 is 34.8 Å². The van der Waals surface area contributed by atoms with Gasteiger partial charge in [-0.25, -0.2) is 8.42 Å². The Morgan fingerprint density at radius 2 is 1.50 bits per heavy atom. The summed E-state index contributed by atoms with van der Waals surface area (Å²) in [5.74, 6) is -1.01. The molecule has 1 N–H and O–H groups in total. The molecule has 0 aliphatic rings. The molecule has 1 atom stereocenters. The minimum absolute atomic E-state index is 0.00694. The third kappa shape index (κ3) is 8.62. The second-order valence-electron chi connectivity index (χ2n) is 11.0. The van der Waals surface area contributed by atoms with Crippen LogP contribution in [-0.4, -0.2) is 44.3 Å². The standard InChI is InChI=1S/C35H36Cl3N3O4S/c1-4-19-39-35(43)33(20-26-9-6-5-7-10-26)40(22-29-30(37)11-8-12-31(29)38)34(42)23-41(32-21-27(36)16-15-25(32)3)46(44,45)28-17-13-24(2)14-18-28/h5-18,21,33H,4,19-20,22-23H2,1-3H3,(H,39,43)/t33-/m0/s1. The van der Waals surface area contributed by atoms with Gasteiger partial charge in [-0.2, -0.15) is 0 Å². The zero-order valence-electron chi connectivity index (χ0n) is 25.8. The molecule has 0 bridgehead atoms. The van der Waals surface area contributed by atoms with Crippen LogP contribution in [0.4, 0.5) is 5.69 Å². The van der Waals surface area contributed by atoms with Crippen LogP contribution < -0.4 is 9.62 Å². The number of aryl methyl sites for hydroxylation is 2. The van der Waals surface area contributed by atoms with E-state index >= 15 is 0 Å². The number of amides is 2. The van der Waals surface area contributed by atoms with Crippen molar-refractivity contribution in [1.29, 1.82) is 0 Å². The SMILES string of the molecule is CCCNC(=O)[C@H](Cc1ccccc1)N(Cc1c(Cl)cccc1Cl)C(=O)CN(c1cc(Cl)ccc1C)S(=O)(=O)c1ccc(C)cc1. The fourth-order valence-electron chi connectivity index (χ4n) is 4.98. The zero-order chi connectivity index (χ0) is 33.4. The van der Waals surface area contributed by atoms with Crippen LogP contribution in [0, 0.1) is 13.8 Å². The van der Waals surface area contributed by atoms with Gasteiger partial charge in [0.1, 0.15) is 12.6 Å². The van der Waals surface area contributed by atoms with E-state index < -0.39 is 28.5 Å². The highest BCUT2D eigenvalue weighted by Crippen LogP contribution is 2.31. The Hall–Kier alpha value is -3.56. The van der Waals surface area contributed by atoms with Gasteiger partial charge in [0.15, 0.2) is 0 Å². The first kappa shape index (κ1) is 35.3. The van der Waals surface area contributed by atoms with Gasteiger partial charge < -0.3 is 10.2 Å². The van der Waals surface area contributed by atoms with Crippen molar-refractivity contribution in [2.24, 2.45) is 0 Å². The molecule has 4 rings (SSSR count). The molecule has 0 aromatic heterocycles. The summed E-state index contributed by atoms with van der Waals surface area (Å²) in [6, 6.07) is 24.5. The average molecular weight is 701 g/mol. The number of sulfonamides is 1. The van der Waals surface area contributed by atoms with Crippen molar-refractivity contribution >= 4 is 62.3 Å². The van der Waals surface area contributed by atoms with E-state index in [4.69, 9.17) is 34.8 Å². The summed E-state index contributed by atoms with van der Waals surface area (Å²) in [7, 11) is -4.27. The number of nitrogens with one attached hydrogen (secondary N) is 1. The summed E-state index contributed by atoms with van der Waals surface area (Å²) in [6.07, 6.45) is 0.857. The van der Waals surface area contributed by atoms with Gasteiger partial charge in [0.25, 0.3) is 10.0 Å². The Labute approximate surface area is 286 Å². The molecular formula is C35H36Cl3N3O4S. The van der Waals surface area contributed by atoms with Gasteiger partial charge in [0, 0.05) is 40.1 Å². The van der Waals surface area contributed by atoms with E-state index in [2.05, 4.69) is 5.32 Å². The Bertz CT molecular complexity index is 1760. The number of anilines is 1. The lowest BCUT2D eigenvalue weighted by molar-refractivity contribution is -0.140. The summed E-state index contributed by atoms with van der Waals surface area (Å²) >= 11 is 19.5. The van der Waals surface area contributed by atoms with Crippen molar-refractivity contribution in [3.05, 3.63) is 128 Å². The van der Waals surface area contributed by atoms with Gasteiger partial charge in [0.05, 0.1) is 10.6 Å². The number of carbonyl (C=O) groups excluding carboxylic acids is 2. The molecule has 0 heterocycles. The molecule has 0 aliphatic carbocycles. The lowest BCUT2D eigenvalue weighted by atomic mass is 10.0. The third-order valence-electron chi connectivity index (χ3n) is 7.54. The van der Waals surface area contributed by atoms with Crippen molar-refractivity contribution in [2.45, 2.75) is 51.1 Å². The number of benzene rings is 4. The first-order chi connectivity index (χ1) is 21.9. The largest absolute Gasteiger partial charge is 0.354 e. The Morgan fingerprint density at radius 3 is 2.13 bits per heavy atom. The van der Waals surface area contributed by atoms with Gasteiger partial charge >= 0.3 is 0 Å². The van der Waals surface area contributed by atoms with Gasteiger partial charge in [-0.05, 0) is 67.8 Å². The van der Waals surface area contributed by atoms with Crippen LogP contribution in [-0.2, 0) is 32.6 Å². The molecule has 4 aromatic carbocycles. The molecule has 0 saturated heterocycles. The van der Waals surface area contributed by atoms with Crippen LogP contribution in [0.2, 0.25) is 15.1 Å². The fourth-order valence-corrected chi connectivity index (χ4v) is 7.13. The van der Waals surface area contributed by atoms with Crippen molar-refractivity contribution in [3.8, 4) is 0 Å². The van der Waals surface area contributed by atoms with E-state index in [9.17, 15) is 18.0 Å². The lowest BCUT2D eigenvalue weighted by Crippen LogP contribution is -2.53. The molecule has 0 spiro atoms. The van der Waals surface area contributed by atoms with Crippen molar-refractivity contribution < 1.29 is 18.0 Å². The predicted octanol–water partition coefficient (Wildman–Crippen LogP) is 7.63. The monoisotopic (exact) mass is 699 g/mol. The van der Waals surface area contributed by atoms with E-state index in [1.807, 2.05) is 44.2 Å². The molecule has 2 amide bonds. The maximum atomic E-state index is 14.6. The molecule has 242 valence electrons. The number of hydrogen-bond donors (Lipinski definition) is 1. The summed E-state index contributed by atoms with van der Waals surface area (Å²) in [5.41, 5.74) is 2.97. The first-order valence-electron chi connectivity index (χ1n) is 14.8. The number of rotatable bonds is 13. The minimum Gasteiger partial charge on any atom is -0.354 e. The molecule has 4 aromatic rings. The molecule has 0 fully saturated rings. The van der Waals surface area contributed by atoms with Crippen LogP contribution in [0.15, 0.2) is 95.9 Å². The highest BCUT2D eigenvalue weighted by atomic mass is 35.5. The summed E-state index contributed by atoms with van der Waals surface area (Å²) in [4.78, 5) is 29.8. The van der Waals surface area contributed by atoms with Crippen molar-refractivity contribution in [2.75, 3.05) is 17.4 Å². The van der Waals surface area contributed by atoms with E-state index in [1.165, 1.54) is 23.1 Å². The molecule has 7 nitrogen and oxygen atoms in total. The van der Waals surface area contributed by atoms with Gasteiger partial charge in [-0.15, -0.1) is 0 Å². The highest BCUT2D eigenvalue weighted by Gasteiger charge is 2.35. The number of carbonyl (C=O) groups is 2. The quantitative estimate of drug-likeness (QED) is 0.156. The van der Waals surface area contributed by atoms with Crippen molar-refractivity contribution in [3.63, 3.8) is 0 Å². The van der Waals surface area contributed by atoms with E-state index in [0.717, 1.165) is 15.4 Å². The van der Waals surface area contributed by atoms with Gasteiger partial charge in [0.2, 0.25) is 11.8 Å². The number of hydrogen-bond acceptors (Lipinski definition) is 4. The molecule has 0 unspecified atom stereocenters. The van der Waals surface area contributed by atoms with E-state index in [0.29, 0.717) is 39.2 Å². The number of halogens is 3. The van der Waals surface area contributed by atoms with Crippen LogP contribution in [0.25, 0.3) is 0 Å². The smallest absolute Gasteiger partial charge is 0.264 e. The third-order valence-corrected chi connectivity index (χ3v) is 10.3.